The molecule has 0 saturated carbocycles. The van der Waals surface area contributed by atoms with Gasteiger partial charge in [0.05, 0.1) is 0 Å². The van der Waals surface area contributed by atoms with Gasteiger partial charge in [0.2, 0.25) is 0 Å². The van der Waals surface area contributed by atoms with Crippen molar-refractivity contribution in [3.05, 3.63) is 48.6 Å². The summed E-state index contributed by atoms with van der Waals surface area (Å²) in [4.78, 5) is 17.7. The molecule has 0 aliphatic carbocycles. The average molecular weight is 310 g/mol. The first-order valence-electron chi connectivity index (χ1n) is 5.42. The Morgan fingerprint density at radius 3 is 2.94 bits per heavy atom. The quantitative estimate of drug-likeness (QED) is 0.626. The number of carbonyl (C=O) groups excluding carboxylic acids is 1. The lowest BCUT2D eigenvalue weighted by atomic mass is 10.1. The summed E-state index contributed by atoms with van der Waals surface area (Å²) in [5, 5.41) is 3.02. The van der Waals surface area contributed by atoms with E-state index >= 15 is 0 Å². The topological polar surface area (TPSA) is 44.7 Å². The summed E-state index contributed by atoms with van der Waals surface area (Å²) in [7, 11) is 3.75. The largest absolute Gasteiger partial charge is 0.383 e. The average Bonchev–Trinajstić information content (AvgIpc) is 2.81. The number of allylic oxidation sites excluding steroid dienone is 3. The van der Waals surface area contributed by atoms with Crippen molar-refractivity contribution in [1.82, 2.24) is 10.2 Å². The van der Waals surface area contributed by atoms with Gasteiger partial charge in [-0.25, -0.2) is 4.99 Å². The summed E-state index contributed by atoms with van der Waals surface area (Å²) in [6, 6.07) is 0. The van der Waals surface area contributed by atoms with E-state index in [9.17, 15) is 4.79 Å². The number of ketones is 1. The summed E-state index contributed by atoms with van der Waals surface area (Å²) >= 11 is 3.23. The zero-order valence-corrected chi connectivity index (χ0v) is 12.1. The molecule has 1 N–H and O–H groups in total. The van der Waals surface area contributed by atoms with Crippen LogP contribution in [0.3, 0.4) is 0 Å². The van der Waals surface area contributed by atoms with Gasteiger partial charge in [0, 0.05) is 56.5 Å². The summed E-state index contributed by atoms with van der Waals surface area (Å²) in [5.74, 6) is 0.00589. The number of aliphatic imine (C=N–C) groups is 1. The highest BCUT2D eigenvalue weighted by Crippen LogP contribution is 2.17. The number of nitrogens with zero attached hydrogens (tertiary/aromatic N) is 2. The molecule has 0 radical (unpaired) electrons. The molecule has 1 aliphatic heterocycles. The molecule has 1 heterocycles. The van der Waals surface area contributed by atoms with Crippen LogP contribution >= 0.6 is 15.9 Å². The van der Waals surface area contributed by atoms with Crippen molar-refractivity contribution in [3.63, 3.8) is 0 Å². The van der Waals surface area contributed by atoms with Crippen LogP contribution < -0.4 is 5.32 Å². The molecule has 0 fully saturated rings. The van der Waals surface area contributed by atoms with E-state index in [0.29, 0.717) is 11.0 Å². The zero-order valence-electron chi connectivity index (χ0n) is 10.5. The fourth-order valence-corrected chi connectivity index (χ4v) is 1.35. The molecule has 0 amide bonds. The normalized spacial score (nSPS) is 17.8. The Morgan fingerprint density at radius 2 is 2.33 bits per heavy atom. The van der Waals surface area contributed by atoms with Crippen LogP contribution in [0.2, 0.25) is 0 Å². The second kappa shape index (κ2) is 6.96. The van der Waals surface area contributed by atoms with Crippen LogP contribution in [-0.2, 0) is 4.79 Å². The van der Waals surface area contributed by atoms with Gasteiger partial charge in [-0.1, -0.05) is 6.58 Å². The van der Waals surface area contributed by atoms with Crippen LogP contribution in [0.1, 0.15) is 6.42 Å². The maximum atomic E-state index is 11.8. The smallest absolute Gasteiger partial charge is 0.185 e. The maximum Gasteiger partial charge on any atom is 0.185 e. The molecule has 5 heteroatoms. The van der Waals surface area contributed by atoms with E-state index in [1.807, 2.05) is 19.0 Å². The highest BCUT2D eigenvalue weighted by atomic mass is 79.9. The molecule has 0 unspecified atom stereocenters. The Hall–Kier alpha value is -1.62. The van der Waals surface area contributed by atoms with Crippen LogP contribution in [0.4, 0.5) is 0 Å². The van der Waals surface area contributed by atoms with Gasteiger partial charge >= 0.3 is 0 Å². The lowest BCUT2D eigenvalue weighted by molar-refractivity contribution is -0.111. The minimum atomic E-state index is 0.00589. The summed E-state index contributed by atoms with van der Waals surface area (Å²) in [6.45, 7) is 3.58. The van der Waals surface area contributed by atoms with Crippen molar-refractivity contribution in [2.75, 3.05) is 14.1 Å². The lowest BCUT2D eigenvalue weighted by Crippen LogP contribution is -2.03. The number of rotatable bonds is 5. The fraction of sp³-hybridized carbons (Fsp3) is 0.231. The van der Waals surface area contributed by atoms with Crippen molar-refractivity contribution in [2.45, 2.75) is 6.42 Å². The number of carbonyl (C=O) groups is 1. The molecular formula is C13H16BrN3O. The van der Waals surface area contributed by atoms with Gasteiger partial charge in [0.25, 0.3) is 0 Å². The van der Waals surface area contributed by atoms with Crippen LogP contribution in [0, 0.1) is 0 Å². The van der Waals surface area contributed by atoms with Crippen LogP contribution in [0.5, 0.6) is 0 Å². The number of nitrogens with one attached hydrogen (secondary N) is 1. The van der Waals surface area contributed by atoms with E-state index in [2.05, 4.69) is 32.8 Å². The third kappa shape index (κ3) is 4.71. The standard InChI is InChI=1S/C13H16BrN3O/c1-4-13(14)16-9-11-7-10(8-15-11)12(18)5-6-17(2)3/h4-6,8-9,15H,1,7H2,2-3H3/b6-5+,11-9+,16-13?. The number of hydrogen-bond acceptors (Lipinski definition) is 4. The second-order valence-corrected chi connectivity index (χ2v) is 4.76. The fourth-order valence-electron chi connectivity index (χ4n) is 1.24. The first-order valence-corrected chi connectivity index (χ1v) is 6.21. The van der Waals surface area contributed by atoms with Gasteiger partial charge in [0.15, 0.2) is 5.78 Å². The zero-order chi connectivity index (χ0) is 13.5. The van der Waals surface area contributed by atoms with Gasteiger partial charge in [-0.15, -0.1) is 0 Å². The number of halogens is 1. The first-order chi connectivity index (χ1) is 8.52. The van der Waals surface area contributed by atoms with E-state index < -0.39 is 0 Å². The highest BCUT2D eigenvalue weighted by molar-refractivity contribution is 9.18. The molecule has 0 atom stereocenters. The third-order valence-corrected chi connectivity index (χ3v) is 2.69. The van der Waals surface area contributed by atoms with E-state index in [4.69, 9.17) is 0 Å². The van der Waals surface area contributed by atoms with Gasteiger partial charge in [-0.2, -0.15) is 0 Å². The van der Waals surface area contributed by atoms with Gasteiger partial charge in [-0.3, -0.25) is 4.79 Å². The predicted molar refractivity (Wildman–Crippen MR) is 78.3 cm³/mol. The molecule has 4 nitrogen and oxygen atoms in total. The summed E-state index contributed by atoms with van der Waals surface area (Å²) < 4.78 is 0.657. The van der Waals surface area contributed by atoms with Gasteiger partial charge in [0.1, 0.15) is 4.62 Å². The highest BCUT2D eigenvalue weighted by Gasteiger charge is 2.14. The minimum absolute atomic E-state index is 0.00589. The number of hydrogen-bond donors (Lipinski definition) is 1. The molecule has 0 saturated heterocycles. The molecule has 1 rings (SSSR count). The SMILES string of the molecule is C=CC(Br)=N/C=C1\CC(C(=O)/C=C/N(C)C)=CN1. The van der Waals surface area contributed by atoms with Crippen LogP contribution in [-0.4, -0.2) is 29.4 Å². The van der Waals surface area contributed by atoms with E-state index in [1.54, 1.807) is 30.8 Å². The third-order valence-electron chi connectivity index (χ3n) is 2.17. The second-order valence-electron chi connectivity index (χ2n) is 3.94. The Bertz CT molecular complexity index is 459. The van der Waals surface area contributed by atoms with E-state index in [-0.39, 0.29) is 5.78 Å². The summed E-state index contributed by atoms with van der Waals surface area (Å²) in [5.41, 5.74) is 1.61. The molecule has 0 aromatic rings. The minimum Gasteiger partial charge on any atom is -0.383 e. The molecule has 18 heavy (non-hydrogen) atoms. The van der Waals surface area contributed by atoms with Crippen LogP contribution in [0.25, 0.3) is 0 Å². The Kier molecular flexibility index (Phi) is 5.58. The van der Waals surface area contributed by atoms with E-state index in [1.165, 1.54) is 0 Å². The van der Waals surface area contributed by atoms with Crippen molar-refractivity contribution in [1.29, 1.82) is 0 Å². The van der Waals surface area contributed by atoms with Crippen molar-refractivity contribution in [3.8, 4) is 0 Å². The Balaban J connectivity index is 2.60. The first kappa shape index (κ1) is 14.4. The monoisotopic (exact) mass is 309 g/mol. The van der Waals surface area contributed by atoms with E-state index in [0.717, 1.165) is 11.3 Å². The molecule has 0 aromatic carbocycles. The van der Waals surface area contributed by atoms with Crippen molar-refractivity contribution in [2.24, 2.45) is 4.99 Å². The van der Waals surface area contributed by atoms with Gasteiger partial charge < -0.3 is 10.2 Å². The Labute approximate surface area is 116 Å². The molecular weight excluding hydrogens is 294 g/mol. The van der Waals surface area contributed by atoms with Crippen LogP contribution in [0.15, 0.2) is 53.6 Å². The maximum absolute atomic E-state index is 11.8. The molecule has 0 bridgehead atoms. The van der Waals surface area contributed by atoms with Crippen molar-refractivity contribution >= 4 is 26.3 Å². The van der Waals surface area contributed by atoms with Crippen molar-refractivity contribution < 1.29 is 4.79 Å². The Morgan fingerprint density at radius 1 is 1.61 bits per heavy atom. The lowest BCUT2D eigenvalue weighted by Gasteiger charge is -2.02. The molecule has 0 aromatic heterocycles. The molecule has 96 valence electrons. The van der Waals surface area contributed by atoms with Gasteiger partial charge in [-0.05, 0) is 22.0 Å². The summed E-state index contributed by atoms with van der Waals surface area (Å²) in [6.07, 6.45) is 8.85. The molecule has 0 spiro atoms. The predicted octanol–water partition coefficient (Wildman–Crippen LogP) is 2.33. The molecule has 1 aliphatic rings.